The summed E-state index contributed by atoms with van der Waals surface area (Å²) in [6, 6.07) is 5.24. The molecule has 6 heteroatoms. The number of nitrogen functional groups attached to an aromatic ring is 1. The molecule has 0 saturated carbocycles. The smallest absolute Gasteiger partial charge is 0.252 e. The first kappa shape index (κ1) is 8.19. The lowest BCUT2D eigenvalue weighted by Gasteiger charge is -1.98. The van der Waals surface area contributed by atoms with E-state index in [-0.39, 0.29) is 5.82 Å². The van der Waals surface area contributed by atoms with Crippen LogP contribution in [-0.4, -0.2) is 19.7 Å². The molecule has 2 rings (SSSR count). The van der Waals surface area contributed by atoms with Gasteiger partial charge in [0.1, 0.15) is 18.2 Å². The number of pyridine rings is 1. The maximum atomic E-state index is 8.52. The third-order valence-corrected chi connectivity index (χ3v) is 1.63. The Balaban J connectivity index is 2.40. The molecule has 68 valence electrons. The van der Waals surface area contributed by atoms with Crippen molar-refractivity contribution in [2.45, 2.75) is 0 Å². The first-order valence-corrected chi connectivity index (χ1v) is 3.83. The van der Waals surface area contributed by atoms with E-state index in [0.29, 0.717) is 11.5 Å². The van der Waals surface area contributed by atoms with Crippen LogP contribution in [0.15, 0.2) is 24.7 Å². The minimum atomic E-state index is 0.127. The Kier molecular flexibility index (Phi) is 1.84. The third-order valence-electron chi connectivity index (χ3n) is 1.63. The lowest BCUT2D eigenvalue weighted by Crippen LogP contribution is -1.97. The van der Waals surface area contributed by atoms with Crippen LogP contribution in [0.5, 0.6) is 0 Å². The fraction of sp³-hybridized carbons (Fsp3) is 0. The van der Waals surface area contributed by atoms with E-state index in [0.717, 1.165) is 0 Å². The molecule has 0 fully saturated rings. The molecule has 2 aromatic rings. The van der Waals surface area contributed by atoms with Crippen molar-refractivity contribution in [1.82, 2.24) is 19.7 Å². The summed E-state index contributed by atoms with van der Waals surface area (Å²) in [6.45, 7) is 0. The lowest BCUT2D eigenvalue weighted by atomic mass is 10.4. The molecule has 0 unspecified atom stereocenters. The molecule has 0 amide bonds. The van der Waals surface area contributed by atoms with E-state index in [2.05, 4.69) is 15.1 Å². The molecule has 0 spiro atoms. The van der Waals surface area contributed by atoms with Crippen LogP contribution in [0.4, 0.5) is 5.82 Å². The van der Waals surface area contributed by atoms with Crippen LogP contribution in [-0.2, 0) is 0 Å². The molecule has 0 aliphatic heterocycles. The largest absolute Gasteiger partial charge is 0.384 e. The Bertz CT molecular complexity index is 477. The number of hydrogen-bond acceptors (Lipinski definition) is 5. The summed E-state index contributed by atoms with van der Waals surface area (Å²) in [7, 11) is 0. The average molecular weight is 186 g/mol. The predicted molar refractivity (Wildman–Crippen MR) is 48.3 cm³/mol. The second-order valence-corrected chi connectivity index (χ2v) is 2.57. The van der Waals surface area contributed by atoms with Gasteiger partial charge >= 0.3 is 0 Å². The highest BCUT2D eigenvalue weighted by atomic mass is 15.3. The van der Waals surface area contributed by atoms with Crippen LogP contribution >= 0.6 is 0 Å². The molecule has 0 saturated heterocycles. The fourth-order valence-electron chi connectivity index (χ4n) is 0.972. The van der Waals surface area contributed by atoms with Crippen LogP contribution < -0.4 is 5.73 Å². The zero-order chi connectivity index (χ0) is 9.97. The van der Waals surface area contributed by atoms with Gasteiger partial charge < -0.3 is 5.73 Å². The van der Waals surface area contributed by atoms with Crippen molar-refractivity contribution >= 4 is 5.82 Å². The van der Waals surface area contributed by atoms with E-state index in [9.17, 15) is 0 Å². The van der Waals surface area contributed by atoms with Crippen LogP contribution in [0.1, 0.15) is 5.82 Å². The molecule has 2 N–H and O–H groups in total. The molecular weight excluding hydrogens is 180 g/mol. The van der Waals surface area contributed by atoms with Gasteiger partial charge in [0.2, 0.25) is 0 Å². The number of hydrogen-bond donors (Lipinski definition) is 1. The van der Waals surface area contributed by atoms with Gasteiger partial charge in [0.15, 0.2) is 0 Å². The third kappa shape index (κ3) is 1.38. The van der Waals surface area contributed by atoms with Crippen LogP contribution in [0.3, 0.4) is 0 Å². The molecule has 14 heavy (non-hydrogen) atoms. The summed E-state index contributed by atoms with van der Waals surface area (Å²) in [4.78, 5) is 7.66. The Morgan fingerprint density at radius 2 is 2.21 bits per heavy atom. The average Bonchev–Trinajstić information content (AvgIpc) is 2.67. The summed E-state index contributed by atoms with van der Waals surface area (Å²) in [5, 5.41) is 12.4. The van der Waals surface area contributed by atoms with Crippen molar-refractivity contribution in [3.63, 3.8) is 0 Å². The fourth-order valence-corrected chi connectivity index (χ4v) is 0.972. The number of aromatic nitrogens is 4. The normalized spacial score (nSPS) is 9.64. The molecule has 6 nitrogen and oxygen atoms in total. The van der Waals surface area contributed by atoms with Gasteiger partial charge in [-0.15, -0.1) is 5.10 Å². The maximum Gasteiger partial charge on any atom is 0.252 e. The summed E-state index contributed by atoms with van der Waals surface area (Å²) < 4.78 is 1.46. The van der Waals surface area contributed by atoms with Gasteiger partial charge in [-0.3, -0.25) is 0 Å². The maximum absolute atomic E-state index is 8.52. The van der Waals surface area contributed by atoms with E-state index in [1.54, 1.807) is 18.3 Å². The first-order valence-electron chi connectivity index (χ1n) is 3.83. The molecule has 0 aliphatic carbocycles. The lowest BCUT2D eigenvalue weighted by molar-refractivity contribution is 0.867. The highest BCUT2D eigenvalue weighted by Crippen LogP contribution is 2.05. The summed E-state index contributed by atoms with van der Waals surface area (Å²) >= 11 is 0. The Morgan fingerprint density at radius 3 is 2.79 bits per heavy atom. The van der Waals surface area contributed by atoms with E-state index in [1.807, 2.05) is 6.07 Å². The van der Waals surface area contributed by atoms with Crippen molar-refractivity contribution in [3.05, 3.63) is 30.5 Å². The van der Waals surface area contributed by atoms with Gasteiger partial charge in [-0.25, -0.2) is 14.6 Å². The molecule has 2 aromatic heterocycles. The van der Waals surface area contributed by atoms with Gasteiger partial charge in [-0.1, -0.05) is 0 Å². The predicted octanol–water partition coefficient (Wildman–Crippen LogP) is 0.116. The Morgan fingerprint density at radius 1 is 1.36 bits per heavy atom. The van der Waals surface area contributed by atoms with Gasteiger partial charge in [0.05, 0.1) is 11.9 Å². The standard InChI is InChI=1S/C8H6N6/c9-3-8-12-5-14(13-8)6-1-2-7(10)11-4-6/h1-2,4-5H,(H2,10,11). The highest BCUT2D eigenvalue weighted by Gasteiger charge is 2.01. The zero-order valence-corrected chi connectivity index (χ0v) is 7.12. The van der Waals surface area contributed by atoms with E-state index in [4.69, 9.17) is 11.0 Å². The van der Waals surface area contributed by atoms with Crippen molar-refractivity contribution < 1.29 is 0 Å². The molecule has 0 radical (unpaired) electrons. The number of rotatable bonds is 1. The van der Waals surface area contributed by atoms with Crippen LogP contribution in [0.25, 0.3) is 5.69 Å². The second-order valence-electron chi connectivity index (χ2n) is 2.57. The SMILES string of the molecule is N#Cc1ncn(-c2ccc(N)nc2)n1. The second kappa shape index (κ2) is 3.14. The molecule has 0 aliphatic rings. The monoisotopic (exact) mass is 186 g/mol. The molecule has 2 heterocycles. The van der Waals surface area contributed by atoms with Crippen LogP contribution in [0.2, 0.25) is 0 Å². The molecular formula is C8H6N6. The molecule has 0 bridgehead atoms. The van der Waals surface area contributed by atoms with Crippen molar-refractivity contribution in [2.75, 3.05) is 5.73 Å². The van der Waals surface area contributed by atoms with Crippen molar-refractivity contribution in [2.24, 2.45) is 0 Å². The minimum Gasteiger partial charge on any atom is -0.384 e. The topological polar surface area (TPSA) is 93.4 Å². The quantitative estimate of drug-likeness (QED) is 0.682. The zero-order valence-electron chi connectivity index (χ0n) is 7.12. The first-order chi connectivity index (χ1) is 6.79. The number of nitrogens with zero attached hydrogens (tertiary/aromatic N) is 5. The van der Waals surface area contributed by atoms with Gasteiger partial charge in [-0.05, 0) is 12.1 Å². The molecule has 0 atom stereocenters. The van der Waals surface area contributed by atoms with Crippen molar-refractivity contribution in [3.8, 4) is 11.8 Å². The number of nitrogens with two attached hydrogens (primary N) is 1. The Hall–Kier alpha value is -2.42. The van der Waals surface area contributed by atoms with Crippen molar-refractivity contribution in [1.29, 1.82) is 5.26 Å². The van der Waals surface area contributed by atoms with E-state index < -0.39 is 0 Å². The summed E-state index contributed by atoms with van der Waals surface area (Å²) in [6.07, 6.45) is 3.01. The minimum absolute atomic E-state index is 0.127. The number of anilines is 1. The van der Waals surface area contributed by atoms with E-state index in [1.165, 1.54) is 11.0 Å². The van der Waals surface area contributed by atoms with Crippen LogP contribution in [0, 0.1) is 11.3 Å². The summed E-state index contributed by atoms with van der Waals surface area (Å²) in [5.41, 5.74) is 6.14. The van der Waals surface area contributed by atoms with Gasteiger partial charge in [0.25, 0.3) is 5.82 Å². The van der Waals surface area contributed by atoms with E-state index >= 15 is 0 Å². The Labute approximate surface area is 79.6 Å². The van der Waals surface area contributed by atoms with Gasteiger partial charge in [0, 0.05) is 0 Å². The molecule has 0 aromatic carbocycles. The van der Waals surface area contributed by atoms with Gasteiger partial charge in [-0.2, -0.15) is 5.26 Å². The summed E-state index contributed by atoms with van der Waals surface area (Å²) in [5.74, 6) is 0.566. The highest BCUT2D eigenvalue weighted by molar-refractivity contribution is 5.36. The number of nitriles is 1.